The zero-order valence-electron chi connectivity index (χ0n) is 15.0. The molecule has 0 unspecified atom stereocenters. The van der Waals surface area contributed by atoms with Crippen LogP contribution in [0.1, 0.15) is 0 Å². The molecule has 2 aromatic heterocycles. The lowest BCUT2D eigenvalue weighted by atomic mass is 10.1. The van der Waals surface area contributed by atoms with E-state index >= 15 is 0 Å². The monoisotopic (exact) mass is 407 g/mol. The van der Waals surface area contributed by atoms with E-state index in [0.29, 0.717) is 22.0 Å². The van der Waals surface area contributed by atoms with Crippen molar-refractivity contribution in [2.45, 2.75) is 0 Å². The molecule has 0 spiro atoms. The first kappa shape index (κ1) is 18.6. The smallest absolute Gasteiger partial charge is 0.323 e. The van der Waals surface area contributed by atoms with Crippen LogP contribution in [0.3, 0.4) is 0 Å². The summed E-state index contributed by atoms with van der Waals surface area (Å²) in [6, 6.07) is 14.2. The summed E-state index contributed by atoms with van der Waals surface area (Å²) < 4.78 is 14.3. The van der Waals surface area contributed by atoms with Crippen molar-refractivity contribution in [1.82, 2.24) is 15.0 Å². The zero-order valence-corrected chi connectivity index (χ0v) is 15.7. The van der Waals surface area contributed by atoms with Crippen LogP contribution in [0, 0.1) is 5.82 Å². The first-order valence-electron chi connectivity index (χ1n) is 8.67. The van der Waals surface area contributed by atoms with Crippen LogP contribution in [-0.2, 0) is 0 Å². The Hall–Kier alpha value is -3.71. The van der Waals surface area contributed by atoms with Crippen LogP contribution in [0.25, 0.3) is 22.5 Å². The lowest BCUT2D eigenvalue weighted by Gasteiger charge is -2.10. The second kappa shape index (κ2) is 8.12. The van der Waals surface area contributed by atoms with Crippen molar-refractivity contribution in [3.63, 3.8) is 0 Å². The van der Waals surface area contributed by atoms with Gasteiger partial charge in [0.05, 0.1) is 23.4 Å². The zero-order chi connectivity index (χ0) is 20.2. The molecule has 0 aliphatic heterocycles. The number of aromatic nitrogens is 3. The number of pyridine rings is 1. The van der Waals surface area contributed by atoms with Crippen molar-refractivity contribution < 1.29 is 9.18 Å². The number of imidazole rings is 1. The molecule has 0 atom stereocenters. The number of anilines is 2. The van der Waals surface area contributed by atoms with Gasteiger partial charge in [0.1, 0.15) is 5.82 Å². The third kappa shape index (κ3) is 4.25. The van der Waals surface area contributed by atoms with Crippen LogP contribution in [0.15, 0.2) is 73.3 Å². The molecule has 2 aromatic carbocycles. The van der Waals surface area contributed by atoms with Gasteiger partial charge in [0.25, 0.3) is 0 Å². The summed E-state index contributed by atoms with van der Waals surface area (Å²) in [5, 5.41) is 5.72. The Bertz CT molecular complexity index is 1150. The van der Waals surface area contributed by atoms with Crippen LogP contribution in [0.5, 0.6) is 0 Å². The number of nitrogens with one attached hydrogen (secondary N) is 3. The van der Waals surface area contributed by atoms with Crippen molar-refractivity contribution in [2.24, 2.45) is 0 Å². The Kier molecular flexibility index (Phi) is 5.22. The van der Waals surface area contributed by atoms with E-state index in [1.807, 2.05) is 12.1 Å². The topological polar surface area (TPSA) is 82.7 Å². The molecule has 2 heterocycles. The van der Waals surface area contributed by atoms with Crippen LogP contribution in [0.4, 0.5) is 20.6 Å². The molecule has 144 valence electrons. The average Bonchev–Trinajstić information content (AvgIpc) is 3.22. The van der Waals surface area contributed by atoms with E-state index in [1.165, 1.54) is 12.1 Å². The second-order valence-electron chi connectivity index (χ2n) is 6.14. The van der Waals surface area contributed by atoms with Gasteiger partial charge >= 0.3 is 6.03 Å². The predicted molar refractivity (Wildman–Crippen MR) is 111 cm³/mol. The van der Waals surface area contributed by atoms with Crippen molar-refractivity contribution in [1.29, 1.82) is 0 Å². The minimum absolute atomic E-state index is 0.0395. The van der Waals surface area contributed by atoms with E-state index in [-0.39, 0.29) is 5.69 Å². The average molecular weight is 408 g/mol. The van der Waals surface area contributed by atoms with Gasteiger partial charge in [-0.1, -0.05) is 11.6 Å². The highest BCUT2D eigenvalue weighted by molar-refractivity contribution is 6.30. The summed E-state index contributed by atoms with van der Waals surface area (Å²) in [5.74, 6) is -0.555. The second-order valence-corrected chi connectivity index (χ2v) is 6.58. The molecule has 6 nitrogen and oxygen atoms in total. The Balaban J connectivity index is 1.58. The van der Waals surface area contributed by atoms with Gasteiger partial charge in [-0.05, 0) is 54.6 Å². The number of H-pyrrole nitrogens is 1. The molecule has 0 aliphatic rings. The molecule has 2 amide bonds. The van der Waals surface area contributed by atoms with E-state index in [9.17, 15) is 9.18 Å². The van der Waals surface area contributed by atoms with Gasteiger partial charge in [-0.2, -0.15) is 0 Å². The summed E-state index contributed by atoms with van der Waals surface area (Å²) in [5.41, 5.74) is 3.54. The fraction of sp³-hybridized carbons (Fsp3) is 0. The highest BCUT2D eigenvalue weighted by atomic mass is 35.5. The van der Waals surface area contributed by atoms with Crippen molar-refractivity contribution >= 4 is 29.0 Å². The number of hydrogen-bond acceptors (Lipinski definition) is 3. The fourth-order valence-electron chi connectivity index (χ4n) is 2.84. The lowest BCUT2D eigenvalue weighted by molar-refractivity contribution is 0.262. The lowest BCUT2D eigenvalue weighted by Crippen LogP contribution is -2.20. The maximum Gasteiger partial charge on any atom is 0.323 e. The molecule has 0 aliphatic carbocycles. The highest BCUT2D eigenvalue weighted by Crippen LogP contribution is 2.31. The highest BCUT2D eigenvalue weighted by Gasteiger charge is 2.14. The van der Waals surface area contributed by atoms with Crippen molar-refractivity contribution in [3.05, 3.63) is 84.2 Å². The molecule has 0 radical (unpaired) electrons. The van der Waals surface area contributed by atoms with Gasteiger partial charge < -0.3 is 15.6 Å². The van der Waals surface area contributed by atoms with E-state index in [0.717, 1.165) is 11.3 Å². The minimum Gasteiger partial charge on any atom is -0.344 e. The maximum atomic E-state index is 14.3. The van der Waals surface area contributed by atoms with Gasteiger partial charge in [0, 0.05) is 34.2 Å². The molecule has 0 saturated carbocycles. The number of carbonyl (C=O) groups excluding carboxylic acids is 1. The Morgan fingerprint density at radius 2 is 1.72 bits per heavy atom. The van der Waals surface area contributed by atoms with Crippen LogP contribution in [-0.4, -0.2) is 21.0 Å². The number of halogens is 2. The van der Waals surface area contributed by atoms with Gasteiger partial charge in [-0.25, -0.2) is 14.2 Å². The molecule has 0 fully saturated rings. The largest absolute Gasteiger partial charge is 0.344 e. The molecule has 29 heavy (non-hydrogen) atoms. The van der Waals surface area contributed by atoms with E-state index in [4.69, 9.17) is 11.6 Å². The Morgan fingerprint density at radius 3 is 2.48 bits per heavy atom. The first-order valence-corrected chi connectivity index (χ1v) is 9.05. The SMILES string of the molecule is O=C(Nc1ccc(Cl)cc1)Nc1cc(-c2nc[nH]c2-c2ccncc2)ccc1F. The Labute approximate surface area is 170 Å². The molecule has 0 saturated heterocycles. The molecular formula is C21H15ClFN5O. The number of amides is 2. The molecule has 8 heteroatoms. The number of hydrogen-bond donors (Lipinski definition) is 3. The van der Waals surface area contributed by atoms with Gasteiger partial charge in [0.15, 0.2) is 0 Å². The van der Waals surface area contributed by atoms with Gasteiger partial charge in [0.2, 0.25) is 0 Å². The van der Waals surface area contributed by atoms with E-state index < -0.39 is 11.8 Å². The summed E-state index contributed by atoms with van der Waals surface area (Å²) in [6.07, 6.45) is 4.92. The number of urea groups is 1. The van der Waals surface area contributed by atoms with E-state index in [1.54, 1.807) is 49.1 Å². The minimum atomic E-state index is -0.570. The summed E-state index contributed by atoms with van der Waals surface area (Å²) in [6.45, 7) is 0. The van der Waals surface area contributed by atoms with Gasteiger partial charge in [-0.15, -0.1) is 0 Å². The number of rotatable bonds is 4. The standard InChI is InChI=1S/C21H15ClFN5O/c22-15-2-4-16(5-3-15)27-21(29)28-18-11-14(1-6-17(18)23)20-19(25-12-26-20)13-7-9-24-10-8-13/h1-12H,(H,25,26)(H2,27,28,29). The van der Waals surface area contributed by atoms with E-state index in [2.05, 4.69) is 25.6 Å². The Morgan fingerprint density at radius 1 is 0.966 bits per heavy atom. The van der Waals surface area contributed by atoms with Crippen LogP contribution < -0.4 is 10.6 Å². The molecule has 4 aromatic rings. The number of aromatic amines is 1. The molecule has 4 rings (SSSR count). The van der Waals surface area contributed by atoms with Crippen LogP contribution in [0.2, 0.25) is 5.02 Å². The predicted octanol–water partition coefficient (Wildman–Crippen LogP) is 5.58. The van der Waals surface area contributed by atoms with Gasteiger partial charge in [-0.3, -0.25) is 4.98 Å². The summed E-state index contributed by atoms with van der Waals surface area (Å²) in [4.78, 5) is 23.7. The molecule has 3 N–H and O–H groups in total. The summed E-state index contributed by atoms with van der Waals surface area (Å²) in [7, 11) is 0. The quantitative estimate of drug-likeness (QED) is 0.413. The van der Waals surface area contributed by atoms with Crippen molar-refractivity contribution in [2.75, 3.05) is 10.6 Å². The van der Waals surface area contributed by atoms with Crippen LogP contribution >= 0.6 is 11.6 Å². The summed E-state index contributed by atoms with van der Waals surface area (Å²) >= 11 is 5.83. The van der Waals surface area contributed by atoms with Crippen molar-refractivity contribution in [3.8, 4) is 22.5 Å². The molecule has 0 bridgehead atoms. The first-order chi connectivity index (χ1) is 14.1. The maximum absolute atomic E-state index is 14.3. The molecular weight excluding hydrogens is 393 g/mol. The number of benzene rings is 2. The third-order valence-electron chi connectivity index (χ3n) is 4.20. The number of nitrogens with zero attached hydrogens (tertiary/aromatic N) is 2. The third-order valence-corrected chi connectivity index (χ3v) is 4.45. The normalized spacial score (nSPS) is 10.6. The number of carbonyl (C=O) groups is 1. The fourth-order valence-corrected chi connectivity index (χ4v) is 2.96.